The van der Waals surface area contributed by atoms with Crippen molar-refractivity contribution in [3.63, 3.8) is 0 Å². The quantitative estimate of drug-likeness (QED) is 0.532. The second kappa shape index (κ2) is 6.88. The van der Waals surface area contributed by atoms with Crippen LogP contribution in [0, 0.1) is 6.92 Å². The van der Waals surface area contributed by atoms with E-state index < -0.39 is 11.5 Å². The van der Waals surface area contributed by atoms with Crippen LogP contribution in [0.1, 0.15) is 21.6 Å². The standard InChI is InChI=1S/C19H17N5O2S/c1-11-3-8-15-14(9-11)21-19(26)17-16(22-23-24(15)17)18(25)20-10-12-4-6-13(27-2)7-5-12/h3-9H,10H2,1-2H3,(H,20,25)(H,21,26). The molecule has 2 heterocycles. The number of nitrogens with zero attached hydrogens (tertiary/aromatic N) is 3. The number of aryl methyl sites for hydroxylation is 1. The molecule has 0 aliphatic carbocycles. The minimum atomic E-state index is -0.434. The summed E-state index contributed by atoms with van der Waals surface area (Å²) < 4.78 is 1.41. The van der Waals surface area contributed by atoms with Crippen molar-refractivity contribution in [1.82, 2.24) is 25.1 Å². The second-order valence-electron chi connectivity index (χ2n) is 6.20. The summed E-state index contributed by atoms with van der Waals surface area (Å²) >= 11 is 1.66. The number of hydrogen-bond acceptors (Lipinski definition) is 5. The first-order valence-corrected chi connectivity index (χ1v) is 9.58. The lowest BCUT2D eigenvalue weighted by Crippen LogP contribution is -2.25. The van der Waals surface area contributed by atoms with Gasteiger partial charge in [-0.2, -0.15) is 0 Å². The van der Waals surface area contributed by atoms with E-state index in [9.17, 15) is 9.59 Å². The maximum atomic E-state index is 12.6. The zero-order valence-electron chi connectivity index (χ0n) is 14.8. The predicted molar refractivity (Wildman–Crippen MR) is 105 cm³/mol. The molecule has 8 heteroatoms. The highest BCUT2D eigenvalue weighted by atomic mass is 32.2. The summed E-state index contributed by atoms with van der Waals surface area (Å²) in [6.45, 7) is 2.28. The highest BCUT2D eigenvalue weighted by Crippen LogP contribution is 2.16. The smallest absolute Gasteiger partial charge is 0.277 e. The van der Waals surface area contributed by atoms with Crippen LogP contribution in [-0.4, -0.2) is 32.0 Å². The molecule has 0 aliphatic heterocycles. The molecule has 0 atom stereocenters. The Morgan fingerprint density at radius 2 is 2.00 bits per heavy atom. The summed E-state index contributed by atoms with van der Waals surface area (Å²) in [6, 6.07) is 13.5. The molecule has 0 bridgehead atoms. The zero-order valence-corrected chi connectivity index (χ0v) is 15.6. The SMILES string of the molecule is CSc1ccc(CNC(=O)c2nnn3c2c(=O)[nH]c2cc(C)ccc23)cc1. The Labute approximate surface area is 158 Å². The largest absolute Gasteiger partial charge is 0.346 e. The number of aromatic amines is 1. The number of nitrogens with one attached hydrogen (secondary N) is 2. The molecule has 7 nitrogen and oxygen atoms in total. The van der Waals surface area contributed by atoms with Crippen LogP contribution in [0.2, 0.25) is 0 Å². The number of aromatic nitrogens is 4. The van der Waals surface area contributed by atoms with Crippen LogP contribution >= 0.6 is 11.8 Å². The number of amides is 1. The fraction of sp³-hybridized carbons (Fsp3) is 0.158. The molecule has 0 saturated carbocycles. The molecule has 0 spiro atoms. The van der Waals surface area contributed by atoms with Crippen molar-refractivity contribution in [2.45, 2.75) is 18.4 Å². The number of thioether (sulfide) groups is 1. The molecule has 136 valence electrons. The molecule has 0 saturated heterocycles. The monoisotopic (exact) mass is 379 g/mol. The Morgan fingerprint density at radius 3 is 2.74 bits per heavy atom. The van der Waals surface area contributed by atoms with Gasteiger partial charge < -0.3 is 10.3 Å². The lowest BCUT2D eigenvalue weighted by molar-refractivity contribution is 0.0947. The van der Waals surface area contributed by atoms with E-state index in [1.807, 2.05) is 55.6 Å². The first-order chi connectivity index (χ1) is 13.1. The predicted octanol–water partition coefficient (Wildman–Crippen LogP) is 2.53. The summed E-state index contributed by atoms with van der Waals surface area (Å²) in [5.41, 5.74) is 3.08. The average molecular weight is 379 g/mol. The van der Waals surface area contributed by atoms with Crippen LogP contribution in [0.5, 0.6) is 0 Å². The van der Waals surface area contributed by atoms with E-state index in [-0.39, 0.29) is 11.2 Å². The van der Waals surface area contributed by atoms with Gasteiger partial charge in [-0.3, -0.25) is 9.59 Å². The third-order valence-corrected chi connectivity index (χ3v) is 5.08. The fourth-order valence-corrected chi connectivity index (χ4v) is 3.34. The van der Waals surface area contributed by atoms with Crippen LogP contribution in [0.25, 0.3) is 16.6 Å². The summed E-state index contributed by atoms with van der Waals surface area (Å²) in [5, 5.41) is 10.8. The van der Waals surface area contributed by atoms with Crippen LogP contribution in [0.4, 0.5) is 0 Å². The molecule has 1 amide bonds. The number of benzene rings is 2. The summed E-state index contributed by atoms with van der Waals surface area (Å²) in [7, 11) is 0. The minimum absolute atomic E-state index is 0.0134. The number of carbonyl (C=O) groups is 1. The van der Waals surface area contributed by atoms with E-state index in [0.29, 0.717) is 17.6 Å². The minimum Gasteiger partial charge on any atom is -0.346 e. The van der Waals surface area contributed by atoms with Gasteiger partial charge >= 0.3 is 0 Å². The topological polar surface area (TPSA) is 92.2 Å². The number of rotatable bonds is 4. The van der Waals surface area contributed by atoms with Crippen molar-refractivity contribution in [3.8, 4) is 0 Å². The Balaban J connectivity index is 1.65. The lowest BCUT2D eigenvalue weighted by atomic mass is 10.2. The highest BCUT2D eigenvalue weighted by molar-refractivity contribution is 7.98. The first kappa shape index (κ1) is 17.3. The Morgan fingerprint density at radius 1 is 1.22 bits per heavy atom. The molecule has 4 rings (SSSR count). The molecule has 4 aromatic rings. The number of H-pyrrole nitrogens is 1. The van der Waals surface area contributed by atoms with Crippen molar-refractivity contribution in [1.29, 1.82) is 0 Å². The molecule has 0 radical (unpaired) electrons. The molecule has 0 unspecified atom stereocenters. The molecule has 2 N–H and O–H groups in total. The molecule has 2 aromatic carbocycles. The van der Waals surface area contributed by atoms with Gasteiger partial charge in [0.15, 0.2) is 11.2 Å². The zero-order chi connectivity index (χ0) is 19.0. The van der Waals surface area contributed by atoms with Gasteiger partial charge in [-0.05, 0) is 48.6 Å². The molecule has 0 aliphatic rings. The maximum Gasteiger partial charge on any atom is 0.277 e. The highest BCUT2D eigenvalue weighted by Gasteiger charge is 2.19. The summed E-state index contributed by atoms with van der Waals surface area (Å²) in [6.07, 6.45) is 2.01. The molecule has 27 heavy (non-hydrogen) atoms. The number of fused-ring (bicyclic) bond motifs is 3. The van der Waals surface area contributed by atoms with Gasteiger partial charge in [-0.15, -0.1) is 16.9 Å². The van der Waals surface area contributed by atoms with Crippen molar-refractivity contribution >= 4 is 34.2 Å². The van der Waals surface area contributed by atoms with Gasteiger partial charge in [0, 0.05) is 11.4 Å². The van der Waals surface area contributed by atoms with Crippen LogP contribution in [-0.2, 0) is 6.54 Å². The van der Waals surface area contributed by atoms with E-state index in [1.165, 1.54) is 4.52 Å². The third-order valence-electron chi connectivity index (χ3n) is 4.34. The Hall–Kier alpha value is -3.13. The van der Waals surface area contributed by atoms with Gasteiger partial charge in [0.2, 0.25) is 0 Å². The van der Waals surface area contributed by atoms with Crippen LogP contribution in [0.15, 0.2) is 52.2 Å². The van der Waals surface area contributed by atoms with Crippen molar-refractivity contribution in [3.05, 3.63) is 69.6 Å². The van der Waals surface area contributed by atoms with E-state index in [1.54, 1.807) is 11.8 Å². The first-order valence-electron chi connectivity index (χ1n) is 8.36. The van der Waals surface area contributed by atoms with Crippen molar-refractivity contribution in [2.75, 3.05) is 6.26 Å². The van der Waals surface area contributed by atoms with Gasteiger partial charge in [-0.1, -0.05) is 23.4 Å². The van der Waals surface area contributed by atoms with E-state index in [0.717, 1.165) is 16.0 Å². The lowest BCUT2D eigenvalue weighted by Gasteiger charge is -2.05. The van der Waals surface area contributed by atoms with E-state index in [2.05, 4.69) is 20.6 Å². The van der Waals surface area contributed by atoms with E-state index in [4.69, 9.17) is 0 Å². The van der Waals surface area contributed by atoms with E-state index >= 15 is 0 Å². The summed E-state index contributed by atoms with van der Waals surface area (Å²) in [4.78, 5) is 29.0. The molecule has 2 aromatic heterocycles. The average Bonchev–Trinajstić information content (AvgIpc) is 3.12. The van der Waals surface area contributed by atoms with Crippen LogP contribution in [0.3, 0.4) is 0 Å². The van der Waals surface area contributed by atoms with Gasteiger partial charge in [0.25, 0.3) is 11.5 Å². The number of carbonyl (C=O) groups excluding carboxylic acids is 1. The third kappa shape index (κ3) is 3.19. The normalized spacial score (nSPS) is 11.2. The van der Waals surface area contributed by atoms with Crippen LogP contribution < -0.4 is 10.9 Å². The molecule has 0 fully saturated rings. The van der Waals surface area contributed by atoms with Crippen molar-refractivity contribution in [2.24, 2.45) is 0 Å². The van der Waals surface area contributed by atoms with Gasteiger partial charge in [0.1, 0.15) is 0 Å². The van der Waals surface area contributed by atoms with Gasteiger partial charge in [0.05, 0.1) is 11.0 Å². The maximum absolute atomic E-state index is 12.6. The molecular formula is C19H17N5O2S. The van der Waals surface area contributed by atoms with Gasteiger partial charge in [-0.25, -0.2) is 4.52 Å². The summed E-state index contributed by atoms with van der Waals surface area (Å²) in [5.74, 6) is -0.434. The second-order valence-corrected chi connectivity index (χ2v) is 7.08. The molecular weight excluding hydrogens is 362 g/mol. The number of hydrogen-bond donors (Lipinski definition) is 2. The fourth-order valence-electron chi connectivity index (χ4n) is 2.93. The Kier molecular flexibility index (Phi) is 4.41. The Bertz CT molecular complexity index is 1210. The van der Waals surface area contributed by atoms with Crippen molar-refractivity contribution < 1.29 is 4.79 Å².